The Bertz CT molecular complexity index is 2290. The number of rotatable bonds is 16. The van der Waals surface area contributed by atoms with Crippen molar-refractivity contribution in [3.05, 3.63) is 138 Å². The van der Waals surface area contributed by atoms with Gasteiger partial charge < -0.3 is 14.2 Å². The molecule has 2 saturated heterocycles. The molecule has 4 aromatic carbocycles. The van der Waals surface area contributed by atoms with Crippen LogP contribution in [-0.2, 0) is 13.1 Å². The van der Waals surface area contributed by atoms with Crippen LogP contribution in [0.4, 0.5) is 11.4 Å². The number of likely N-dealkylation sites (tertiary alicyclic amines) is 2. The molecule has 11 nitrogen and oxygen atoms in total. The smallest absolute Gasteiger partial charge is 0.161 e. The number of piperidine rings is 2. The van der Waals surface area contributed by atoms with Gasteiger partial charge in [-0.15, -0.1) is 0 Å². The van der Waals surface area contributed by atoms with E-state index in [1.165, 1.54) is 11.1 Å². The van der Waals surface area contributed by atoms with Crippen LogP contribution in [0.5, 0.6) is 17.2 Å². The van der Waals surface area contributed by atoms with Gasteiger partial charge >= 0.3 is 0 Å². The third-order valence-corrected chi connectivity index (χ3v) is 11.9. The predicted octanol–water partition coefficient (Wildman–Crippen LogP) is 9.62. The summed E-state index contributed by atoms with van der Waals surface area (Å²) in [5, 5.41) is 5.59. The normalized spacial score (nSPS) is 15.3. The van der Waals surface area contributed by atoms with Crippen molar-refractivity contribution >= 4 is 23.0 Å². The fraction of sp³-hybridized carbons (Fsp3) is 0.347. The Hall–Kier alpha value is -5.75. The Morgan fingerprint density at radius 2 is 0.984 bits per heavy atom. The first-order valence-corrected chi connectivity index (χ1v) is 21.9. The highest BCUT2D eigenvalue weighted by Gasteiger charge is 2.36. The van der Waals surface area contributed by atoms with Crippen LogP contribution in [-0.4, -0.2) is 88.3 Å². The van der Waals surface area contributed by atoms with E-state index in [1.807, 2.05) is 87.2 Å². The molecular formula is C49H55ClN8O3. The quantitative estimate of drug-likeness (QED) is 0.0873. The highest BCUT2D eigenvalue weighted by molar-refractivity contribution is 6.32. The molecule has 0 unspecified atom stereocenters. The summed E-state index contributed by atoms with van der Waals surface area (Å²) in [6.45, 7) is 10.5. The molecule has 2 aliphatic rings. The first-order valence-electron chi connectivity index (χ1n) is 21.5. The number of ether oxygens (including phenoxy) is 3. The van der Waals surface area contributed by atoms with Gasteiger partial charge in [-0.25, -0.2) is 19.9 Å². The van der Waals surface area contributed by atoms with Crippen LogP contribution in [0.3, 0.4) is 0 Å². The molecule has 0 aliphatic carbocycles. The fourth-order valence-electron chi connectivity index (χ4n) is 8.53. The van der Waals surface area contributed by atoms with E-state index in [-0.39, 0.29) is 12.1 Å². The van der Waals surface area contributed by atoms with Gasteiger partial charge in [0, 0.05) is 50.4 Å². The molecule has 0 atom stereocenters. The van der Waals surface area contributed by atoms with Crippen molar-refractivity contribution in [3.63, 3.8) is 0 Å². The van der Waals surface area contributed by atoms with Gasteiger partial charge in [-0.1, -0.05) is 84.4 Å². The lowest BCUT2D eigenvalue weighted by molar-refractivity contribution is 0.183. The summed E-state index contributed by atoms with van der Waals surface area (Å²) in [7, 11) is 1.69. The SMILES string of the molecule is CCOc1cc(CN2CCC(N(c3cnc(-c4ccccc4)nc3)N(c3cnc(-c4ccccc4)nc3)C3CCN(Cc4ccc(OC)c(OCC)c4)CC3)CC2)ccc1Cl. The number of anilines is 2. The topological polar surface area (TPSA) is 92.2 Å². The molecule has 0 saturated carbocycles. The molecule has 0 amide bonds. The number of methoxy groups -OCH3 is 1. The first kappa shape index (κ1) is 42.0. The molecule has 316 valence electrons. The van der Waals surface area contributed by atoms with E-state index in [4.69, 9.17) is 45.7 Å². The van der Waals surface area contributed by atoms with E-state index in [0.29, 0.717) is 29.9 Å². The second-order valence-electron chi connectivity index (χ2n) is 15.6. The summed E-state index contributed by atoms with van der Waals surface area (Å²) < 4.78 is 17.3. The maximum atomic E-state index is 6.45. The summed E-state index contributed by atoms with van der Waals surface area (Å²) in [6.07, 6.45) is 11.8. The fourth-order valence-corrected chi connectivity index (χ4v) is 8.71. The standard InChI is InChI=1S/C49H55ClN8O3/c1-4-60-46-28-36(16-18-44(46)50)34-55-24-20-40(21-25-55)57(42-30-51-48(52-31-42)38-12-8-6-9-13-38)58(43-32-53-49(54-33-43)39-14-10-7-11-15-39)41-22-26-56(27-23-41)35-37-17-19-45(59-3)47(29-37)61-5-2/h6-19,28-33,40-41H,4-5,20-27,34-35H2,1-3H3. The highest BCUT2D eigenvalue weighted by Crippen LogP contribution is 2.35. The number of hydrazine groups is 1. The molecule has 8 rings (SSSR count). The number of benzene rings is 4. The maximum Gasteiger partial charge on any atom is 0.161 e. The molecular weight excluding hydrogens is 784 g/mol. The average Bonchev–Trinajstić information content (AvgIpc) is 3.31. The number of halogens is 1. The van der Waals surface area contributed by atoms with Crippen molar-refractivity contribution < 1.29 is 14.2 Å². The maximum absolute atomic E-state index is 6.45. The van der Waals surface area contributed by atoms with Crippen LogP contribution in [0, 0.1) is 0 Å². The van der Waals surface area contributed by atoms with Crippen LogP contribution in [0.1, 0.15) is 50.7 Å². The van der Waals surface area contributed by atoms with Gasteiger partial charge in [0.15, 0.2) is 23.1 Å². The molecule has 61 heavy (non-hydrogen) atoms. The van der Waals surface area contributed by atoms with Crippen LogP contribution in [0.15, 0.2) is 122 Å². The van der Waals surface area contributed by atoms with E-state index in [9.17, 15) is 0 Å². The van der Waals surface area contributed by atoms with Crippen LogP contribution in [0.25, 0.3) is 22.8 Å². The highest BCUT2D eigenvalue weighted by atomic mass is 35.5. The minimum absolute atomic E-state index is 0.176. The Balaban J connectivity index is 1.09. The Morgan fingerprint density at radius 1 is 0.557 bits per heavy atom. The monoisotopic (exact) mass is 838 g/mol. The summed E-state index contributed by atoms with van der Waals surface area (Å²) >= 11 is 6.45. The van der Waals surface area contributed by atoms with Crippen LogP contribution >= 0.6 is 11.6 Å². The van der Waals surface area contributed by atoms with E-state index < -0.39 is 0 Å². The third kappa shape index (κ3) is 10.2. The third-order valence-electron chi connectivity index (χ3n) is 11.5. The van der Waals surface area contributed by atoms with Crippen molar-refractivity contribution in [1.82, 2.24) is 29.7 Å². The summed E-state index contributed by atoms with van der Waals surface area (Å²) in [6, 6.07) is 33.1. The molecule has 0 N–H and O–H groups in total. The predicted molar refractivity (Wildman–Crippen MR) is 243 cm³/mol. The molecule has 0 spiro atoms. The van der Waals surface area contributed by atoms with Crippen molar-refractivity contribution in [2.75, 3.05) is 56.5 Å². The van der Waals surface area contributed by atoms with Gasteiger partial charge in [0.05, 0.1) is 73.6 Å². The summed E-state index contributed by atoms with van der Waals surface area (Å²) in [5.74, 6) is 3.69. The minimum atomic E-state index is 0.176. The van der Waals surface area contributed by atoms with E-state index in [0.717, 1.165) is 105 Å². The Kier molecular flexibility index (Phi) is 13.9. The molecule has 2 fully saturated rings. The molecule has 4 heterocycles. The second kappa shape index (κ2) is 20.2. The Morgan fingerprint density at radius 3 is 1.43 bits per heavy atom. The molecule has 12 heteroatoms. The number of hydrogen-bond acceptors (Lipinski definition) is 11. The van der Waals surface area contributed by atoms with Gasteiger partial charge in [0.2, 0.25) is 0 Å². The molecule has 2 aliphatic heterocycles. The molecule has 0 radical (unpaired) electrons. The Labute approximate surface area is 364 Å². The lowest BCUT2D eigenvalue weighted by Gasteiger charge is -2.50. The van der Waals surface area contributed by atoms with Crippen LogP contribution < -0.4 is 24.2 Å². The molecule has 2 aromatic heterocycles. The number of hydrogen-bond donors (Lipinski definition) is 0. The van der Waals surface area contributed by atoms with Gasteiger partial charge in [-0.05, 0) is 74.9 Å². The van der Waals surface area contributed by atoms with Crippen molar-refractivity contribution in [1.29, 1.82) is 0 Å². The number of aromatic nitrogens is 4. The zero-order valence-corrected chi connectivity index (χ0v) is 36.1. The van der Waals surface area contributed by atoms with E-state index in [1.54, 1.807) is 7.11 Å². The summed E-state index contributed by atoms with van der Waals surface area (Å²) in [5.41, 5.74) is 6.29. The first-order chi connectivity index (χ1) is 30.0. The van der Waals surface area contributed by atoms with Gasteiger partial charge in [-0.3, -0.25) is 19.8 Å². The number of nitrogens with zero attached hydrogens (tertiary/aromatic N) is 8. The zero-order chi connectivity index (χ0) is 42.0. The van der Waals surface area contributed by atoms with Crippen LogP contribution in [0.2, 0.25) is 5.02 Å². The largest absolute Gasteiger partial charge is 0.493 e. The van der Waals surface area contributed by atoms with Gasteiger partial charge in [-0.2, -0.15) is 0 Å². The van der Waals surface area contributed by atoms with Gasteiger partial charge in [0.1, 0.15) is 5.75 Å². The lowest BCUT2D eigenvalue weighted by Crippen LogP contribution is -2.59. The lowest BCUT2D eigenvalue weighted by atomic mass is 10.00. The minimum Gasteiger partial charge on any atom is -0.493 e. The molecule has 0 bridgehead atoms. The zero-order valence-electron chi connectivity index (χ0n) is 35.4. The van der Waals surface area contributed by atoms with Crippen molar-refractivity contribution in [2.24, 2.45) is 0 Å². The van der Waals surface area contributed by atoms with Crippen molar-refractivity contribution in [3.8, 4) is 40.0 Å². The molecule has 6 aromatic rings. The van der Waals surface area contributed by atoms with E-state index in [2.05, 4.69) is 68.3 Å². The summed E-state index contributed by atoms with van der Waals surface area (Å²) in [4.78, 5) is 24.9. The average molecular weight is 839 g/mol. The van der Waals surface area contributed by atoms with Crippen molar-refractivity contribution in [2.45, 2.75) is 64.7 Å². The van der Waals surface area contributed by atoms with Gasteiger partial charge in [0.25, 0.3) is 0 Å². The second-order valence-corrected chi connectivity index (χ2v) is 16.0. The van der Waals surface area contributed by atoms with E-state index >= 15 is 0 Å².